The van der Waals surface area contributed by atoms with Gasteiger partial charge >= 0.3 is 5.97 Å². The number of carbonyl (C=O) groups is 1. The molecule has 0 amide bonds. The Morgan fingerprint density at radius 3 is 2.28 bits per heavy atom. The minimum atomic E-state index is -0.668. The summed E-state index contributed by atoms with van der Waals surface area (Å²) in [4.78, 5) is 12.5. The van der Waals surface area contributed by atoms with E-state index >= 15 is 0 Å². The molecule has 1 N–H and O–H groups in total. The molecule has 2 aliphatic rings. The van der Waals surface area contributed by atoms with Crippen LogP contribution in [0, 0.1) is 0 Å². The van der Waals surface area contributed by atoms with Crippen LogP contribution < -0.4 is 0 Å². The maximum atomic E-state index is 11.2. The van der Waals surface area contributed by atoms with Crippen molar-refractivity contribution in [1.82, 2.24) is 0 Å². The summed E-state index contributed by atoms with van der Waals surface area (Å²) in [5, 5.41) is 10.0. The average Bonchev–Trinajstić information content (AvgIpc) is 3.04. The largest absolute Gasteiger partial charge is 0.481 e. The maximum absolute atomic E-state index is 11.2. The molecule has 3 heteroatoms. The zero-order valence-electron chi connectivity index (χ0n) is 10.4. The number of hydrogen-bond acceptors (Lipinski definition) is 2. The highest BCUT2D eigenvalue weighted by molar-refractivity contribution is 8.00. The molecule has 2 saturated carbocycles. The molecule has 1 aromatic rings. The lowest BCUT2D eigenvalue weighted by Gasteiger charge is -2.12. The lowest BCUT2D eigenvalue weighted by atomic mass is 9.96. The first-order valence-electron chi connectivity index (χ1n) is 6.71. The van der Waals surface area contributed by atoms with Gasteiger partial charge in [0, 0.05) is 10.1 Å². The second-order valence-corrected chi connectivity index (χ2v) is 6.81. The molecule has 0 aromatic heterocycles. The van der Waals surface area contributed by atoms with Crippen molar-refractivity contribution in [3.8, 4) is 0 Å². The number of benzene rings is 1. The van der Waals surface area contributed by atoms with E-state index in [0.717, 1.165) is 23.7 Å². The van der Waals surface area contributed by atoms with Crippen molar-refractivity contribution in [1.29, 1.82) is 0 Å². The fourth-order valence-corrected chi connectivity index (χ4v) is 4.05. The molecule has 1 aromatic carbocycles. The van der Waals surface area contributed by atoms with Crippen molar-refractivity contribution in [2.45, 2.75) is 54.1 Å². The van der Waals surface area contributed by atoms with Crippen molar-refractivity contribution >= 4 is 17.7 Å². The minimum Gasteiger partial charge on any atom is -0.481 e. The second-order valence-electron chi connectivity index (χ2n) is 5.44. The van der Waals surface area contributed by atoms with E-state index in [0.29, 0.717) is 0 Å². The Labute approximate surface area is 112 Å². The van der Waals surface area contributed by atoms with Crippen LogP contribution in [0.5, 0.6) is 0 Å². The number of rotatable bonds is 4. The predicted molar refractivity (Wildman–Crippen MR) is 73.1 cm³/mol. The van der Waals surface area contributed by atoms with Crippen LogP contribution >= 0.6 is 11.8 Å². The monoisotopic (exact) mass is 262 g/mol. The third-order valence-corrected chi connectivity index (χ3v) is 5.52. The van der Waals surface area contributed by atoms with Gasteiger partial charge in [-0.2, -0.15) is 0 Å². The highest BCUT2D eigenvalue weighted by atomic mass is 32.2. The summed E-state index contributed by atoms with van der Waals surface area (Å²) < 4.78 is 0. The van der Waals surface area contributed by atoms with E-state index in [9.17, 15) is 9.90 Å². The summed E-state index contributed by atoms with van der Waals surface area (Å²) >= 11 is 1.95. The van der Waals surface area contributed by atoms with E-state index in [1.54, 1.807) is 0 Å². The normalized spacial score (nSPS) is 22.0. The van der Waals surface area contributed by atoms with E-state index in [2.05, 4.69) is 12.1 Å². The predicted octanol–water partition coefficient (Wildman–Crippen LogP) is 3.84. The van der Waals surface area contributed by atoms with Crippen molar-refractivity contribution in [2.24, 2.45) is 0 Å². The molecule has 0 atom stereocenters. The van der Waals surface area contributed by atoms with Crippen molar-refractivity contribution in [3.63, 3.8) is 0 Å². The number of aliphatic carboxylic acids is 1. The summed E-state index contributed by atoms with van der Waals surface area (Å²) in [6.45, 7) is 0. The Hall–Kier alpha value is -0.960. The van der Waals surface area contributed by atoms with Gasteiger partial charge in [-0.15, -0.1) is 11.8 Å². The quantitative estimate of drug-likeness (QED) is 0.895. The molecule has 2 fully saturated rings. The molecule has 96 valence electrons. The van der Waals surface area contributed by atoms with E-state index in [-0.39, 0.29) is 0 Å². The Balaban J connectivity index is 1.71. The first-order valence-corrected chi connectivity index (χ1v) is 7.59. The lowest BCUT2D eigenvalue weighted by molar-refractivity contribution is -0.140. The van der Waals surface area contributed by atoms with Gasteiger partial charge in [0.05, 0.1) is 5.41 Å². The molecule has 0 spiro atoms. The molecule has 18 heavy (non-hydrogen) atoms. The van der Waals surface area contributed by atoms with Crippen molar-refractivity contribution in [2.75, 3.05) is 0 Å². The van der Waals surface area contributed by atoms with Gasteiger partial charge in [0.25, 0.3) is 0 Å². The zero-order valence-corrected chi connectivity index (χ0v) is 11.2. The zero-order chi connectivity index (χ0) is 12.6. The van der Waals surface area contributed by atoms with Gasteiger partial charge < -0.3 is 5.11 Å². The van der Waals surface area contributed by atoms with Crippen molar-refractivity contribution < 1.29 is 9.90 Å². The Bertz CT molecular complexity index is 442. The summed E-state index contributed by atoms with van der Waals surface area (Å²) in [6, 6.07) is 8.22. The third-order valence-electron chi connectivity index (χ3n) is 4.17. The molecule has 3 rings (SSSR count). The summed E-state index contributed by atoms with van der Waals surface area (Å²) in [5.41, 5.74) is 0.419. The van der Waals surface area contributed by atoms with E-state index in [1.165, 1.54) is 30.6 Å². The van der Waals surface area contributed by atoms with Crippen LogP contribution in [0.3, 0.4) is 0 Å². The Morgan fingerprint density at radius 2 is 1.78 bits per heavy atom. The first-order chi connectivity index (χ1) is 8.71. The van der Waals surface area contributed by atoms with Crippen LogP contribution in [0.25, 0.3) is 0 Å². The molecule has 0 radical (unpaired) electrons. The van der Waals surface area contributed by atoms with Gasteiger partial charge in [0.15, 0.2) is 0 Å². The number of thioether (sulfide) groups is 1. The van der Waals surface area contributed by atoms with E-state index in [4.69, 9.17) is 0 Å². The fourth-order valence-electron chi connectivity index (χ4n) is 2.80. The minimum absolute atomic E-state index is 0.559. The van der Waals surface area contributed by atoms with Gasteiger partial charge in [-0.05, 0) is 43.4 Å². The fraction of sp³-hybridized carbons (Fsp3) is 0.533. The SMILES string of the molecule is O=C(O)C1(c2ccc(SC3CCCC3)cc2)CC1. The van der Waals surface area contributed by atoms with E-state index < -0.39 is 11.4 Å². The molecule has 0 heterocycles. The Kier molecular flexibility index (Phi) is 3.10. The average molecular weight is 262 g/mol. The van der Waals surface area contributed by atoms with E-state index in [1.807, 2.05) is 23.9 Å². The van der Waals surface area contributed by atoms with Gasteiger partial charge in [0.2, 0.25) is 0 Å². The summed E-state index contributed by atoms with van der Waals surface area (Å²) in [7, 11) is 0. The smallest absolute Gasteiger partial charge is 0.314 e. The molecule has 2 aliphatic carbocycles. The van der Waals surface area contributed by atoms with Crippen LogP contribution in [0.4, 0.5) is 0 Å². The van der Waals surface area contributed by atoms with Crippen LogP contribution in [0.2, 0.25) is 0 Å². The summed E-state index contributed by atoms with van der Waals surface area (Å²) in [6.07, 6.45) is 6.95. The first kappa shape index (κ1) is 12.1. The lowest BCUT2D eigenvalue weighted by Crippen LogP contribution is -2.19. The standard InChI is InChI=1S/C15H18O2S/c16-14(17)15(9-10-15)11-5-7-13(8-6-11)18-12-3-1-2-4-12/h5-8,12H,1-4,9-10H2,(H,16,17). The molecule has 0 aliphatic heterocycles. The molecular weight excluding hydrogens is 244 g/mol. The summed E-state index contributed by atoms with van der Waals surface area (Å²) in [5.74, 6) is -0.668. The highest BCUT2D eigenvalue weighted by Gasteiger charge is 2.51. The van der Waals surface area contributed by atoms with Crippen LogP contribution in [-0.4, -0.2) is 16.3 Å². The number of carboxylic acid groups (broad SMARTS) is 1. The topological polar surface area (TPSA) is 37.3 Å². The maximum Gasteiger partial charge on any atom is 0.314 e. The second kappa shape index (κ2) is 4.61. The van der Waals surface area contributed by atoms with Crippen LogP contribution in [0.1, 0.15) is 44.1 Å². The number of carboxylic acids is 1. The van der Waals surface area contributed by atoms with Gasteiger partial charge in [0.1, 0.15) is 0 Å². The van der Waals surface area contributed by atoms with Gasteiger partial charge in [-0.1, -0.05) is 25.0 Å². The Morgan fingerprint density at radius 1 is 1.17 bits per heavy atom. The molecule has 0 unspecified atom stereocenters. The van der Waals surface area contributed by atoms with Crippen LogP contribution in [-0.2, 0) is 10.2 Å². The molecular formula is C15H18O2S. The third kappa shape index (κ3) is 2.16. The highest BCUT2D eigenvalue weighted by Crippen LogP contribution is 2.48. The van der Waals surface area contributed by atoms with Crippen LogP contribution in [0.15, 0.2) is 29.2 Å². The molecule has 2 nitrogen and oxygen atoms in total. The number of hydrogen-bond donors (Lipinski definition) is 1. The van der Waals surface area contributed by atoms with Crippen molar-refractivity contribution in [3.05, 3.63) is 29.8 Å². The molecule has 0 bridgehead atoms. The van der Waals surface area contributed by atoms with Gasteiger partial charge in [-0.3, -0.25) is 4.79 Å². The van der Waals surface area contributed by atoms with Gasteiger partial charge in [-0.25, -0.2) is 0 Å². The molecule has 0 saturated heterocycles.